The Bertz CT molecular complexity index is 318. The lowest BCUT2D eigenvalue weighted by Crippen LogP contribution is -1.90. The molecule has 0 radical (unpaired) electrons. The molecule has 0 amide bonds. The third-order valence-corrected chi connectivity index (χ3v) is 3.85. The Labute approximate surface area is 86.6 Å². The quantitative estimate of drug-likeness (QED) is 0.744. The maximum Gasteiger partial charge on any atom is 0.0866 e. The van der Waals surface area contributed by atoms with Crippen LogP contribution in [0.25, 0.3) is 0 Å². The van der Waals surface area contributed by atoms with E-state index in [1.165, 1.54) is 0 Å². The third-order valence-electron chi connectivity index (χ3n) is 3.16. The van der Waals surface area contributed by atoms with Crippen molar-refractivity contribution in [3.8, 4) is 0 Å². The zero-order chi connectivity index (χ0) is 9.64. The summed E-state index contributed by atoms with van der Waals surface area (Å²) in [6.45, 7) is 4.58. The molecule has 2 atom stereocenters. The van der Waals surface area contributed by atoms with Crippen LogP contribution in [0, 0.1) is 11.3 Å². The molecule has 0 saturated heterocycles. The fraction of sp³-hybridized carbons (Fsp3) is 0.778. The highest BCUT2D eigenvalue weighted by molar-refractivity contribution is 9.09. The third kappa shape index (κ3) is 1.31. The van der Waals surface area contributed by atoms with Crippen molar-refractivity contribution in [2.45, 2.75) is 19.8 Å². The first-order valence-electron chi connectivity index (χ1n) is 4.49. The van der Waals surface area contributed by atoms with Gasteiger partial charge in [0.25, 0.3) is 0 Å². The lowest BCUT2D eigenvalue weighted by molar-refractivity contribution is 0.577. The fourth-order valence-electron chi connectivity index (χ4n) is 2.13. The highest BCUT2D eigenvalue weighted by atomic mass is 79.9. The number of nitrogens with zero attached hydrogens (tertiary/aromatic N) is 3. The molecule has 1 fully saturated rings. The van der Waals surface area contributed by atoms with Crippen molar-refractivity contribution in [2.24, 2.45) is 18.4 Å². The first-order chi connectivity index (χ1) is 6.07. The Morgan fingerprint density at radius 3 is 2.69 bits per heavy atom. The van der Waals surface area contributed by atoms with Gasteiger partial charge >= 0.3 is 0 Å². The number of aryl methyl sites for hydroxylation is 1. The van der Waals surface area contributed by atoms with Gasteiger partial charge in [-0.25, -0.2) is 0 Å². The summed E-state index contributed by atoms with van der Waals surface area (Å²) in [4.78, 5) is 0. The van der Waals surface area contributed by atoms with Crippen LogP contribution in [0.5, 0.6) is 0 Å². The van der Waals surface area contributed by atoms with Crippen molar-refractivity contribution in [1.82, 2.24) is 15.0 Å². The van der Waals surface area contributed by atoms with E-state index in [4.69, 9.17) is 0 Å². The zero-order valence-electron chi connectivity index (χ0n) is 8.16. The van der Waals surface area contributed by atoms with E-state index in [1.54, 1.807) is 4.68 Å². The van der Waals surface area contributed by atoms with Crippen molar-refractivity contribution in [3.05, 3.63) is 11.9 Å². The topological polar surface area (TPSA) is 30.7 Å². The molecule has 0 N–H and O–H groups in total. The Kier molecular flexibility index (Phi) is 1.98. The predicted molar refractivity (Wildman–Crippen MR) is 54.8 cm³/mol. The fourth-order valence-corrected chi connectivity index (χ4v) is 3.34. The molecule has 4 heteroatoms. The maximum atomic E-state index is 4.16. The number of aromatic nitrogens is 3. The molecule has 13 heavy (non-hydrogen) atoms. The van der Waals surface area contributed by atoms with Crippen LogP contribution in [-0.2, 0) is 7.05 Å². The minimum atomic E-state index is 0.388. The van der Waals surface area contributed by atoms with Gasteiger partial charge in [-0.2, -0.15) is 0 Å². The maximum absolute atomic E-state index is 4.16. The van der Waals surface area contributed by atoms with Gasteiger partial charge in [-0.1, -0.05) is 35.0 Å². The van der Waals surface area contributed by atoms with Gasteiger partial charge in [0.05, 0.1) is 5.69 Å². The second-order valence-electron chi connectivity index (χ2n) is 4.38. The Morgan fingerprint density at radius 1 is 1.62 bits per heavy atom. The minimum Gasteiger partial charge on any atom is -0.255 e. The second kappa shape index (κ2) is 2.80. The first-order valence-corrected chi connectivity index (χ1v) is 5.61. The van der Waals surface area contributed by atoms with Crippen molar-refractivity contribution in [2.75, 3.05) is 5.33 Å². The van der Waals surface area contributed by atoms with Crippen molar-refractivity contribution < 1.29 is 0 Å². The molecule has 72 valence electrons. The van der Waals surface area contributed by atoms with E-state index in [9.17, 15) is 0 Å². The van der Waals surface area contributed by atoms with Crippen LogP contribution in [-0.4, -0.2) is 20.3 Å². The minimum absolute atomic E-state index is 0.388. The first kappa shape index (κ1) is 9.19. The van der Waals surface area contributed by atoms with Gasteiger partial charge in [-0.15, -0.1) is 5.10 Å². The lowest BCUT2D eigenvalue weighted by Gasteiger charge is -1.97. The van der Waals surface area contributed by atoms with Crippen molar-refractivity contribution in [3.63, 3.8) is 0 Å². The van der Waals surface area contributed by atoms with E-state index < -0.39 is 0 Å². The monoisotopic (exact) mass is 243 g/mol. The Morgan fingerprint density at radius 2 is 2.31 bits per heavy atom. The van der Waals surface area contributed by atoms with Gasteiger partial charge in [0, 0.05) is 24.5 Å². The number of alkyl halides is 1. The van der Waals surface area contributed by atoms with E-state index in [2.05, 4.69) is 40.1 Å². The molecule has 1 aromatic rings. The van der Waals surface area contributed by atoms with E-state index >= 15 is 0 Å². The van der Waals surface area contributed by atoms with Crippen LogP contribution in [0.2, 0.25) is 0 Å². The van der Waals surface area contributed by atoms with Gasteiger partial charge in [0.2, 0.25) is 0 Å². The summed E-state index contributed by atoms with van der Waals surface area (Å²) in [7, 11) is 1.91. The number of halogens is 1. The number of hydrogen-bond acceptors (Lipinski definition) is 2. The van der Waals surface area contributed by atoms with Crippen molar-refractivity contribution in [1.29, 1.82) is 0 Å². The summed E-state index contributed by atoms with van der Waals surface area (Å²) in [5, 5.41) is 9.18. The molecule has 1 heterocycles. The van der Waals surface area contributed by atoms with Crippen LogP contribution in [0.3, 0.4) is 0 Å². The normalized spacial score (nSPS) is 30.5. The van der Waals surface area contributed by atoms with Gasteiger partial charge in [-0.05, 0) is 11.3 Å². The molecule has 2 unspecified atom stereocenters. The van der Waals surface area contributed by atoms with Crippen LogP contribution >= 0.6 is 15.9 Å². The van der Waals surface area contributed by atoms with Crippen LogP contribution < -0.4 is 0 Å². The number of hydrogen-bond donors (Lipinski definition) is 0. The molecular weight excluding hydrogens is 230 g/mol. The molecule has 0 bridgehead atoms. The summed E-state index contributed by atoms with van der Waals surface area (Å²) in [5.74, 6) is 1.30. The summed E-state index contributed by atoms with van der Waals surface area (Å²) < 4.78 is 1.77. The van der Waals surface area contributed by atoms with Gasteiger partial charge in [0.1, 0.15) is 0 Å². The SMILES string of the molecule is Cn1cc(C2C(CBr)C2(C)C)nn1. The smallest absolute Gasteiger partial charge is 0.0866 e. The second-order valence-corrected chi connectivity index (χ2v) is 5.02. The number of rotatable bonds is 2. The molecule has 1 aliphatic carbocycles. The van der Waals surface area contributed by atoms with Gasteiger partial charge in [0.15, 0.2) is 0 Å². The molecule has 0 aliphatic heterocycles. The molecule has 1 saturated carbocycles. The molecule has 3 nitrogen and oxygen atoms in total. The Balaban J connectivity index is 2.21. The molecule has 0 aromatic carbocycles. The zero-order valence-corrected chi connectivity index (χ0v) is 9.74. The van der Waals surface area contributed by atoms with E-state index in [-0.39, 0.29) is 0 Å². The standard InChI is InChI=1S/C9H14BrN3/c1-9(2)6(4-10)8(9)7-5-13(3)12-11-7/h5-6,8H,4H2,1-3H3. The summed E-state index contributed by atoms with van der Waals surface area (Å²) in [6, 6.07) is 0. The van der Waals surface area contributed by atoms with Crippen LogP contribution in [0.15, 0.2) is 6.20 Å². The van der Waals surface area contributed by atoms with Gasteiger partial charge in [-0.3, -0.25) is 4.68 Å². The molecule has 2 rings (SSSR count). The summed E-state index contributed by atoms with van der Waals surface area (Å²) in [6.07, 6.45) is 2.02. The molecule has 1 aromatic heterocycles. The van der Waals surface area contributed by atoms with Crippen LogP contribution in [0.4, 0.5) is 0 Å². The Hall–Kier alpha value is -0.380. The largest absolute Gasteiger partial charge is 0.255 e. The van der Waals surface area contributed by atoms with E-state index in [0.717, 1.165) is 11.0 Å². The highest BCUT2D eigenvalue weighted by Crippen LogP contribution is 2.64. The molecule has 0 spiro atoms. The van der Waals surface area contributed by atoms with E-state index in [1.807, 2.05) is 13.2 Å². The average molecular weight is 244 g/mol. The van der Waals surface area contributed by atoms with Gasteiger partial charge < -0.3 is 0 Å². The lowest BCUT2D eigenvalue weighted by atomic mass is 10.1. The highest BCUT2D eigenvalue weighted by Gasteiger charge is 2.58. The molecule has 1 aliphatic rings. The van der Waals surface area contributed by atoms with Crippen molar-refractivity contribution >= 4 is 15.9 Å². The average Bonchev–Trinajstić information content (AvgIpc) is 2.41. The van der Waals surface area contributed by atoms with E-state index in [0.29, 0.717) is 17.3 Å². The predicted octanol–water partition coefficient (Wildman–Crippen LogP) is 1.95. The summed E-state index contributed by atoms with van der Waals surface area (Å²) >= 11 is 3.54. The molecular formula is C9H14BrN3. The summed E-state index contributed by atoms with van der Waals surface area (Å²) in [5.41, 5.74) is 1.52. The van der Waals surface area contributed by atoms with Crippen LogP contribution in [0.1, 0.15) is 25.5 Å².